The summed E-state index contributed by atoms with van der Waals surface area (Å²) in [4.78, 5) is 16.7. The van der Waals surface area contributed by atoms with Gasteiger partial charge in [0, 0.05) is 24.3 Å². The van der Waals surface area contributed by atoms with Gasteiger partial charge in [0.1, 0.15) is 12.7 Å². The Hall–Kier alpha value is -3.04. The van der Waals surface area contributed by atoms with Gasteiger partial charge in [-0.2, -0.15) is 9.40 Å². The highest BCUT2D eigenvalue weighted by molar-refractivity contribution is 7.89. The molecule has 0 spiro atoms. The Morgan fingerprint density at radius 1 is 1.06 bits per heavy atom. The van der Waals surface area contributed by atoms with Crippen LogP contribution in [0.1, 0.15) is 48.0 Å². The lowest BCUT2D eigenvalue weighted by atomic mass is 9.96. The first-order chi connectivity index (χ1) is 15.4. The monoisotopic (exact) mass is 453 g/mol. The molecular formula is C23H27N5O3S. The van der Waals surface area contributed by atoms with Crippen LogP contribution in [0.15, 0.2) is 66.1 Å². The molecule has 1 aliphatic rings. The van der Waals surface area contributed by atoms with Gasteiger partial charge in [-0.05, 0) is 54.8 Å². The number of nitrogens with one attached hydrogen (secondary N) is 1. The van der Waals surface area contributed by atoms with Crippen molar-refractivity contribution in [3.8, 4) is 0 Å². The highest BCUT2D eigenvalue weighted by Crippen LogP contribution is 2.27. The van der Waals surface area contributed by atoms with Crippen molar-refractivity contribution >= 4 is 21.6 Å². The number of carbonyl (C=O) groups excluding carboxylic acids is 1. The lowest BCUT2D eigenvalue weighted by molar-refractivity contribution is 0.102. The molecule has 168 valence electrons. The maximum absolute atomic E-state index is 13.0. The van der Waals surface area contributed by atoms with Gasteiger partial charge in [0.2, 0.25) is 10.0 Å². The predicted molar refractivity (Wildman–Crippen MR) is 122 cm³/mol. The number of amides is 1. The molecule has 3 aromatic rings. The third-order valence-electron chi connectivity index (χ3n) is 5.91. The molecule has 1 heterocycles. The molecule has 1 fully saturated rings. The van der Waals surface area contributed by atoms with Gasteiger partial charge >= 0.3 is 0 Å². The largest absolute Gasteiger partial charge is 0.322 e. The van der Waals surface area contributed by atoms with Crippen molar-refractivity contribution < 1.29 is 13.2 Å². The highest BCUT2D eigenvalue weighted by atomic mass is 32.2. The van der Waals surface area contributed by atoms with Crippen LogP contribution in [0.4, 0.5) is 5.69 Å². The maximum atomic E-state index is 13.0. The van der Waals surface area contributed by atoms with Crippen LogP contribution in [-0.2, 0) is 16.6 Å². The van der Waals surface area contributed by atoms with E-state index in [1.165, 1.54) is 17.1 Å². The average Bonchev–Trinajstić information content (AvgIpc) is 3.33. The van der Waals surface area contributed by atoms with Gasteiger partial charge in [-0.1, -0.05) is 31.4 Å². The zero-order valence-electron chi connectivity index (χ0n) is 18.0. The first-order valence-corrected chi connectivity index (χ1v) is 12.2. The Morgan fingerprint density at radius 3 is 2.38 bits per heavy atom. The number of rotatable bonds is 7. The topological polar surface area (TPSA) is 97.2 Å². The van der Waals surface area contributed by atoms with E-state index in [9.17, 15) is 13.2 Å². The minimum absolute atomic E-state index is 0.0562. The van der Waals surface area contributed by atoms with Gasteiger partial charge in [0.15, 0.2) is 0 Å². The quantitative estimate of drug-likeness (QED) is 0.590. The summed E-state index contributed by atoms with van der Waals surface area (Å²) in [5, 5.41) is 6.89. The summed E-state index contributed by atoms with van der Waals surface area (Å²) in [5.74, 6) is -0.257. The molecule has 8 nitrogen and oxygen atoms in total. The average molecular weight is 454 g/mol. The van der Waals surface area contributed by atoms with E-state index in [2.05, 4.69) is 15.4 Å². The third kappa shape index (κ3) is 5.05. The Bertz CT molecular complexity index is 1140. The predicted octanol–water partition coefficient (Wildman–Crippen LogP) is 3.53. The molecule has 0 bridgehead atoms. The molecule has 1 saturated carbocycles. The molecule has 4 rings (SSSR count). The van der Waals surface area contributed by atoms with Crippen LogP contribution >= 0.6 is 0 Å². The zero-order chi connectivity index (χ0) is 22.6. The van der Waals surface area contributed by atoms with Gasteiger partial charge in [-0.3, -0.25) is 4.79 Å². The summed E-state index contributed by atoms with van der Waals surface area (Å²) >= 11 is 0. The molecule has 2 aromatic carbocycles. The number of hydrogen-bond acceptors (Lipinski definition) is 5. The fraction of sp³-hybridized carbons (Fsp3) is 0.348. The summed E-state index contributed by atoms with van der Waals surface area (Å²) in [6.07, 6.45) is 8.23. The van der Waals surface area contributed by atoms with Gasteiger partial charge in [0.25, 0.3) is 5.91 Å². The molecule has 0 saturated heterocycles. The summed E-state index contributed by atoms with van der Waals surface area (Å²) < 4.78 is 29.1. The summed E-state index contributed by atoms with van der Waals surface area (Å²) in [5.41, 5.74) is 2.06. The van der Waals surface area contributed by atoms with Crippen LogP contribution in [0.5, 0.6) is 0 Å². The molecule has 32 heavy (non-hydrogen) atoms. The van der Waals surface area contributed by atoms with Crippen molar-refractivity contribution in [1.82, 2.24) is 19.1 Å². The SMILES string of the molecule is CN(C1CCCCC1)S(=O)(=O)c1ccc(NC(=O)c2ccc(Cn3cncn3)cc2)cc1. The Morgan fingerprint density at radius 2 is 1.75 bits per heavy atom. The van der Waals surface area contributed by atoms with E-state index >= 15 is 0 Å². The molecule has 0 unspecified atom stereocenters. The van der Waals surface area contributed by atoms with Crippen LogP contribution in [0.2, 0.25) is 0 Å². The molecular weight excluding hydrogens is 426 g/mol. The first kappa shape index (κ1) is 22.2. The van der Waals surface area contributed by atoms with Gasteiger partial charge < -0.3 is 5.32 Å². The minimum atomic E-state index is -3.55. The summed E-state index contributed by atoms with van der Waals surface area (Å²) in [6, 6.07) is 13.6. The second-order valence-electron chi connectivity index (χ2n) is 8.08. The van der Waals surface area contributed by atoms with Crippen LogP contribution < -0.4 is 5.32 Å². The standard InChI is InChI=1S/C23H27N5O3S/c1-27(21-5-3-2-4-6-21)32(30,31)22-13-11-20(12-14-22)26-23(29)19-9-7-18(8-10-19)15-28-17-24-16-25-28/h7-14,16-17,21H,2-6,15H2,1H3,(H,26,29). The number of nitrogens with zero attached hydrogens (tertiary/aromatic N) is 4. The number of carbonyl (C=O) groups is 1. The smallest absolute Gasteiger partial charge is 0.255 e. The van der Waals surface area contributed by atoms with Gasteiger partial charge in [-0.25, -0.2) is 18.1 Å². The molecule has 0 radical (unpaired) electrons. The van der Waals surface area contributed by atoms with E-state index in [1.54, 1.807) is 54.5 Å². The lowest BCUT2D eigenvalue weighted by Crippen LogP contribution is -2.38. The van der Waals surface area contributed by atoms with Crippen molar-refractivity contribution in [3.05, 3.63) is 72.3 Å². The number of aromatic nitrogens is 3. The second-order valence-corrected chi connectivity index (χ2v) is 10.1. The first-order valence-electron chi connectivity index (χ1n) is 10.7. The van der Waals surface area contributed by atoms with Crippen LogP contribution in [0.3, 0.4) is 0 Å². The normalized spacial score (nSPS) is 15.1. The van der Waals surface area contributed by atoms with Crippen LogP contribution in [0.25, 0.3) is 0 Å². The molecule has 1 aromatic heterocycles. The van der Waals surface area contributed by atoms with Crippen LogP contribution in [0, 0.1) is 0 Å². The van der Waals surface area contributed by atoms with Crippen molar-refractivity contribution in [3.63, 3.8) is 0 Å². The van der Waals surface area contributed by atoms with E-state index in [0.29, 0.717) is 17.8 Å². The molecule has 0 atom stereocenters. The Labute approximate surface area is 188 Å². The van der Waals surface area contributed by atoms with Crippen molar-refractivity contribution in [2.24, 2.45) is 0 Å². The van der Waals surface area contributed by atoms with E-state index in [0.717, 1.165) is 31.2 Å². The third-order valence-corrected chi connectivity index (χ3v) is 7.83. The number of benzene rings is 2. The summed E-state index contributed by atoms with van der Waals surface area (Å²) in [6.45, 7) is 0.577. The minimum Gasteiger partial charge on any atom is -0.322 e. The maximum Gasteiger partial charge on any atom is 0.255 e. The van der Waals surface area contributed by atoms with E-state index < -0.39 is 10.0 Å². The Kier molecular flexibility index (Phi) is 6.66. The van der Waals surface area contributed by atoms with Crippen LogP contribution in [-0.4, -0.2) is 46.5 Å². The second kappa shape index (κ2) is 9.62. The van der Waals surface area contributed by atoms with E-state index in [-0.39, 0.29) is 16.8 Å². The fourth-order valence-corrected chi connectivity index (χ4v) is 5.40. The zero-order valence-corrected chi connectivity index (χ0v) is 18.8. The fourth-order valence-electron chi connectivity index (χ4n) is 3.98. The molecule has 1 N–H and O–H groups in total. The van der Waals surface area contributed by atoms with Crippen molar-refractivity contribution in [2.75, 3.05) is 12.4 Å². The molecule has 0 aliphatic heterocycles. The van der Waals surface area contributed by atoms with E-state index in [4.69, 9.17) is 0 Å². The van der Waals surface area contributed by atoms with Crippen molar-refractivity contribution in [1.29, 1.82) is 0 Å². The number of anilines is 1. The van der Waals surface area contributed by atoms with Gasteiger partial charge in [0.05, 0.1) is 11.4 Å². The number of sulfonamides is 1. The van der Waals surface area contributed by atoms with Crippen molar-refractivity contribution in [2.45, 2.75) is 49.6 Å². The molecule has 1 aliphatic carbocycles. The van der Waals surface area contributed by atoms with E-state index in [1.807, 2.05) is 12.1 Å². The molecule has 1 amide bonds. The number of hydrogen-bond donors (Lipinski definition) is 1. The Balaban J connectivity index is 1.39. The molecule has 9 heteroatoms. The van der Waals surface area contributed by atoms with Gasteiger partial charge in [-0.15, -0.1) is 0 Å². The summed E-state index contributed by atoms with van der Waals surface area (Å²) in [7, 11) is -1.89. The highest BCUT2D eigenvalue weighted by Gasteiger charge is 2.28. The lowest BCUT2D eigenvalue weighted by Gasteiger charge is -2.30.